The zero-order valence-corrected chi connectivity index (χ0v) is 10.5. The van der Waals surface area contributed by atoms with Crippen LogP contribution in [0.15, 0.2) is 24.3 Å². The summed E-state index contributed by atoms with van der Waals surface area (Å²) in [6.45, 7) is 4.47. The van der Waals surface area contributed by atoms with E-state index in [-0.39, 0.29) is 0 Å². The molecule has 0 aliphatic carbocycles. The topological polar surface area (TPSA) is 50.8 Å². The molecule has 0 amide bonds. The van der Waals surface area contributed by atoms with E-state index in [4.69, 9.17) is 16.3 Å². The molecule has 0 radical (unpaired) electrons. The minimum atomic E-state index is 0.315. The van der Waals surface area contributed by atoms with Gasteiger partial charge in [0, 0.05) is 10.9 Å². The molecule has 1 N–H and O–H groups in total. The Morgan fingerprint density at radius 3 is 2.59 bits per heavy atom. The summed E-state index contributed by atoms with van der Waals surface area (Å²) in [7, 11) is 0. The molecule has 2 aromatic rings. The van der Waals surface area contributed by atoms with E-state index in [0.717, 1.165) is 17.4 Å². The second kappa shape index (κ2) is 5.19. The fourth-order valence-electron chi connectivity index (χ4n) is 1.32. The van der Waals surface area contributed by atoms with Crippen LogP contribution in [0.4, 0.5) is 0 Å². The van der Waals surface area contributed by atoms with Gasteiger partial charge in [-0.15, -0.1) is 0 Å². The Bertz CT molecular complexity index is 479. The van der Waals surface area contributed by atoms with E-state index >= 15 is 0 Å². The first kappa shape index (κ1) is 11.9. The molecule has 4 nitrogen and oxygen atoms in total. The summed E-state index contributed by atoms with van der Waals surface area (Å²) in [4.78, 5) is 4.32. The van der Waals surface area contributed by atoms with E-state index in [9.17, 15) is 0 Å². The normalized spacial score (nSPS) is 10.8. The van der Waals surface area contributed by atoms with Crippen LogP contribution in [0.3, 0.4) is 0 Å². The number of hydrogen-bond acceptors (Lipinski definition) is 3. The van der Waals surface area contributed by atoms with Crippen LogP contribution in [0.2, 0.25) is 5.02 Å². The van der Waals surface area contributed by atoms with Gasteiger partial charge >= 0.3 is 0 Å². The van der Waals surface area contributed by atoms with E-state index < -0.39 is 0 Å². The first-order valence-electron chi connectivity index (χ1n) is 5.44. The van der Waals surface area contributed by atoms with Gasteiger partial charge in [0.2, 0.25) is 0 Å². The van der Waals surface area contributed by atoms with Crippen LogP contribution in [0.1, 0.15) is 31.4 Å². The smallest absolute Gasteiger partial charge is 0.162 e. The third-order valence-corrected chi connectivity index (χ3v) is 2.51. The summed E-state index contributed by atoms with van der Waals surface area (Å²) in [5, 5.41) is 7.66. The molecule has 2 rings (SSSR count). The summed E-state index contributed by atoms with van der Waals surface area (Å²) in [6.07, 6.45) is 0. The Morgan fingerprint density at radius 2 is 2.00 bits per heavy atom. The van der Waals surface area contributed by atoms with E-state index in [0.29, 0.717) is 17.5 Å². The number of hydrogen-bond donors (Lipinski definition) is 1. The minimum absolute atomic E-state index is 0.315. The lowest BCUT2D eigenvalue weighted by atomic mass is 10.2. The van der Waals surface area contributed by atoms with Crippen molar-refractivity contribution < 1.29 is 4.74 Å². The van der Waals surface area contributed by atoms with Gasteiger partial charge in [-0.1, -0.05) is 25.4 Å². The molecule has 0 spiro atoms. The molecule has 0 saturated heterocycles. The maximum atomic E-state index is 5.78. The van der Waals surface area contributed by atoms with Gasteiger partial charge in [-0.2, -0.15) is 5.10 Å². The highest BCUT2D eigenvalue weighted by Crippen LogP contribution is 2.16. The van der Waals surface area contributed by atoms with Gasteiger partial charge in [-0.25, -0.2) is 4.98 Å². The number of rotatable bonds is 4. The summed E-state index contributed by atoms with van der Waals surface area (Å²) in [6, 6.07) is 7.22. The van der Waals surface area contributed by atoms with Crippen LogP contribution >= 0.6 is 11.6 Å². The number of halogens is 1. The summed E-state index contributed by atoms with van der Waals surface area (Å²) < 4.78 is 5.55. The minimum Gasteiger partial charge on any atom is -0.486 e. The zero-order chi connectivity index (χ0) is 12.3. The molecule has 0 saturated carbocycles. The third-order valence-electron chi connectivity index (χ3n) is 2.25. The van der Waals surface area contributed by atoms with Gasteiger partial charge in [-0.3, -0.25) is 5.10 Å². The molecule has 5 heteroatoms. The van der Waals surface area contributed by atoms with Crippen molar-refractivity contribution in [3.05, 3.63) is 40.9 Å². The molecular weight excluding hydrogens is 238 g/mol. The van der Waals surface area contributed by atoms with Crippen LogP contribution in [-0.2, 0) is 6.61 Å². The molecular formula is C12H14ClN3O. The Morgan fingerprint density at radius 1 is 1.29 bits per heavy atom. The Balaban J connectivity index is 1.95. The van der Waals surface area contributed by atoms with Gasteiger partial charge in [0.05, 0.1) is 0 Å². The van der Waals surface area contributed by atoms with Crippen LogP contribution < -0.4 is 4.74 Å². The molecule has 0 bridgehead atoms. The molecule has 0 fully saturated rings. The van der Waals surface area contributed by atoms with E-state index in [1.54, 1.807) is 12.1 Å². The number of ether oxygens (including phenoxy) is 1. The highest BCUT2D eigenvalue weighted by Gasteiger charge is 2.07. The van der Waals surface area contributed by atoms with Crippen molar-refractivity contribution in [2.45, 2.75) is 26.4 Å². The van der Waals surface area contributed by atoms with Crippen LogP contribution in [0.25, 0.3) is 0 Å². The van der Waals surface area contributed by atoms with Crippen molar-refractivity contribution in [1.29, 1.82) is 0 Å². The molecule has 0 atom stereocenters. The summed E-state index contributed by atoms with van der Waals surface area (Å²) in [5.41, 5.74) is 0. The maximum Gasteiger partial charge on any atom is 0.162 e. The Kier molecular flexibility index (Phi) is 3.64. The van der Waals surface area contributed by atoms with Gasteiger partial charge < -0.3 is 4.74 Å². The second-order valence-electron chi connectivity index (χ2n) is 4.04. The van der Waals surface area contributed by atoms with Crippen molar-refractivity contribution in [2.24, 2.45) is 0 Å². The van der Waals surface area contributed by atoms with Crippen molar-refractivity contribution in [2.75, 3.05) is 0 Å². The lowest BCUT2D eigenvalue weighted by Crippen LogP contribution is -1.98. The number of benzene rings is 1. The molecule has 1 aromatic carbocycles. The first-order valence-corrected chi connectivity index (χ1v) is 5.82. The molecule has 1 aromatic heterocycles. The second-order valence-corrected chi connectivity index (χ2v) is 4.47. The average molecular weight is 252 g/mol. The monoisotopic (exact) mass is 251 g/mol. The number of nitrogens with one attached hydrogen (secondary N) is 1. The van der Waals surface area contributed by atoms with E-state index in [2.05, 4.69) is 15.2 Å². The number of H-pyrrole nitrogens is 1. The molecule has 0 aliphatic rings. The van der Waals surface area contributed by atoms with Crippen LogP contribution in [-0.4, -0.2) is 15.2 Å². The van der Waals surface area contributed by atoms with Crippen molar-refractivity contribution in [1.82, 2.24) is 15.2 Å². The predicted octanol–water partition coefficient (Wildman–Crippen LogP) is 3.16. The largest absolute Gasteiger partial charge is 0.486 e. The highest BCUT2D eigenvalue weighted by molar-refractivity contribution is 6.30. The van der Waals surface area contributed by atoms with Crippen LogP contribution in [0.5, 0.6) is 5.75 Å². The SMILES string of the molecule is CC(C)c1n[nH]c(COc2ccc(Cl)cc2)n1. The summed E-state index contributed by atoms with van der Waals surface area (Å²) in [5.74, 6) is 2.61. The third kappa shape index (κ3) is 3.20. The maximum absolute atomic E-state index is 5.78. The van der Waals surface area contributed by atoms with Crippen molar-refractivity contribution in [3.63, 3.8) is 0 Å². The lowest BCUT2D eigenvalue weighted by molar-refractivity contribution is 0.296. The van der Waals surface area contributed by atoms with Gasteiger partial charge in [0.25, 0.3) is 0 Å². The lowest BCUT2D eigenvalue weighted by Gasteiger charge is -2.03. The number of nitrogens with zero attached hydrogens (tertiary/aromatic N) is 2. The van der Waals surface area contributed by atoms with E-state index in [1.165, 1.54) is 0 Å². The molecule has 90 valence electrons. The zero-order valence-electron chi connectivity index (χ0n) is 9.77. The van der Waals surface area contributed by atoms with Crippen molar-refractivity contribution in [3.8, 4) is 5.75 Å². The fraction of sp³-hybridized carbons (Fsp3) is 0.333. The van der Waals surface area contributed by atoms with Crippen molar-refractivity contribution >= 4 is 11.6 Å². The number of aromatic amines is 1. The van der Waals surface area contributed by atoms with Gasteiger partial charge in [-0.05, 0) is 24.3 Å². The Labute approximate surface area is 105 Å². The first-order chi connectivity index (χ1) is 8.15. The highest BCUT2D eigenvalue weighted by atomic mass is 35.5. The van der Waals surface area contributed by atoms with Crippen LogP contribution in [0, 0.1) is 0 Å². The molecule has 17 heavy (non-hydrogen) atoms. The number of aromatic nitrogens is 3. The Hall–Kier alpha value is -1.55. The average Bonchev–Trinajstić information content (AvgIpc) is 2.77. The predicted molar refractivity (Wildman–Crippen MR) is 66.3 cm³/mol. The van der Waals surface area contributed by atoms with E-state index in [1.807, 2.05) is 26.0 Å². The summed E-state index contributed by atoms with van der Waals surface area (Å²) >= 11 is 5.78. The van der Waals surface area contributed by atoms with Gasteiger partial charge in [0.15, 0.2) is 11.6 Å². The molecule has 0 unspecified atom stereocenters. The fourth-order valence-corrected chi connectivity index (χ4v) is 1.44. The van der Waals surface area contributed by atoms with Gasteiger partial charge in [0.1, 0.15) is 12.4 Å². The molecule has 1 heterocycles. The molecule has 0 aliphatic heterocycles. The quantitative estimate of drug-likeness (QED) is 0.908. The standard InChI is InChI=1S/C12H14ClN3O/c1-8(2)12-14-11(15-16-12)7-17-10-5-3-9(13)4-6-10/h3-6,8H,7H2,1-2H3,(H,14,15,16).